The van der Waals surface area contributed by atoms with Crippen molar-refractivity contribution < 1.29 is 19.1 Å². The molecule has 0 bridgehead atoms. The summed E-state index contributed by atoms with van der Waals surface area (Å²) < 4.78 is 10.8. The molecule has 1 atom stereocenters. The van der Waals surface area contributed by atoms with Crippen LogP contribution in [0.15, 0.2) is 53.5 Å². The average Bonchev–Trinajstić information content (AvgIpc) is 2.65. The Balaban J connectivity index is 2.10. The molecule has 130 valence electrons. The minimum Gasteiger partial charge on any atom is -0.496 e. The van der Waals surface area contributed by atoms with E-state index in [9.17, 15) is 9.59 Å². The number of methoxy groups -OCH3 is 1. The van der Waals surface area contributed by atoms with Gasteiger partial charge < -0.3 is 9.47 Å². The van der Waals surface area contributed by atoms with Crippen molar-refractivity contribution in [3.8, 4) is 5.75 Å². The molecule has 6 nitrogen and oxygen atoms in total. The van der Waals surface area contributed by atoms with Gasteiger partial charge in [0.25, 0.3) is 0 Å². The summed E-state index contributed by atoms with van der Waals surface area (Å²) in [5.74, 6) is -0.0168. The van der Waals surface area contributed by atoms with Gasteiger partial charge in [-0.3, -0.25) is 5.32 Å². The molecule has 0 spiro atoms. The molecule has 2 rings (SSSR count). The number of nitrogens with one attached hydrogen (secondary N) is 1. The van der Waals surface area contributed by atoms with Crippen LogP contribution in [0.5, 0.6) is 5.75 Å². The van der Waals surface area contributed by atoms with Gasteiger partial charge in [0.2, 0.25) is 6.08 Å². The van der Waals surface area contributed by atoms with E-state index in [1.807, 2.05) is 36.4 Å². The van der Waals surface area contributed by atoms with E-state index in [0.717, 1.165) is 11.1 Å². The Hall–Kier alpha value is -2.95. The first-order valence-electron chi connectivity index (χ1n) is 7.83. The van der Waals surface area contributed by atoms with Gasteiger partial charge in [-0.15, -0.1) is 0 Å². The van der Waals surface area contributed by atoms with Gasteiger partial charge in [-0.2, -0.15) is 4.99 Å². The van der Waals surface area contributed by atoms with Crippen molar-refractivity contribution in [1.29, 1.82) is 0 Å². The molecule has 0 aliphatic rings. The predicted molar refractivity (Wildman–Crippen MR) is 93.0 cm³/mol. The summed E-state index contributed by atoms with van der Waals surface area (Å²) in [6.45, 7) is 2.31. The van der Waals surface area contributed by atoms with Crippen LogP contribution in [0.1, 0.15) is 28.4 Å². The van der Waals surface area contributed by atoms with Crippen molar-refractivity contribution in [3.63, 3.8) is 0 Å². The minimum absolute atomic E-state index is 0.191. The van der Waals surface area contributed by atoms with E-state index in [1.165, 1.54) is 13.2 Å². The molecule has 1 N–H and O–H groups in total. The molecule has 0 fully saturated rings. The summed E-state index contributed by atoms with van der Waals surface area (Å²) >= 11 is 0. The Morgan fingerprint density at radius 1 is 1.20 bits per heavy atom. The maximum Gasteiger partial charge on any atom is 0.342 e. The molecule has 0 heterocycles. The Morgan fingerprint density at radius 3 is 2.64 bits per heavy atom. The molecule has 2 aromatic carbocycles. The Kier molecular flexibility index (Phi) is 6.89. The highest BCUT2D eigenvalue weighted by atomic mass is 16.5. The second kappa shape index (κ2) is 9.37. The van der Waals surface area contributed by atoms with Gasteiger partial charge in [0, 0.05) is 12.1 Å². The number of isocyanates is 1. The molecule has 0 aliphatic carbocycles. The number of benzene rings is 2. The molecular formula is C19H20N2O4. The standard InChI is InChI=1S/C19H20N2O4/c1-14(21-13-22)20-11-16-9-6-10-17(18(16)24-2)19(23)25-12-15-7-4-3-5-8-15/h3-10,14,20H,11-12H2,1-2H3. The number of para-hydroxylation sites is 1. The molecule has 2 aromatic rings. The quantitative estimate of drug-likeness (QED) is 0.454. The lowest BCUT2D eigenvalue weighted by Gasteiger charge is -2.14. The summed E-state index contributed by atoms with van der Waals surface area (Å²) in [7, 11) is 1.50. The van der Waals surface area contributed by atoms with E-state index in [-0.39, 0.29) is 12.8 Å². The zero-order valence-corrected chi connectivity index (χ0v) is 14.2. The number of aliphatic imine (C=N–C) groups is 1. The lowest BCUT2D eigenvalue weighted by Crippen LogP contribution is -2.23. The number of hydrogen-bond acceptors (Lipinski definition) is 6. The molecule has 0 radical (unpaired) electrons. The van der Waals surface area contributed by atoms with Gasteiger partial charge in [-0.05, 0) is 18.6 Å². The van der Waals surface area contributed by atoms with Crippen LogP contribution in [0.2, 0.25) is 0 Å². The third-order valence-electron chi connectivity index (χ3n) is 3.57. The van der Waals surface area contributed by atoms with Crippen LogP contribution in [0.4, 0.5) is 0 Å². The monoisotopic (exact) mass is 340 g/mol. The topological polar surface area (TPSA) is 77.0 Å². The first kappa shape index (κ1) is 18.4. The fourth-order valence-corrected chi connectivity index (χ4v) is 2.31. The van der Waals surface area contributed by atoms with E-state index in [2.05, 4.69) is 10.3 Å². The Bertz CT molecular complexity index is 755. The number of carbonyl (C=O) groups is 1. The SMILES string of the molecule is COc1c(CNC(C)N=C=O)cccc1C(=O)OCc1ccccc1. The van der Waals surface area contributed by atoms with Gasteiger partial charge in [0.1, 0.15) is 24.1 Å². The fraction of sp³-hybridized carbons (Fsp3) is 0.263. The van der Waals surface area contributed by atoms with Gasteiger partial charge >= 0.3 is 5.97 Å². The third kappa shape index (κ3) is 5.28. The third-order valence-corrected chi connectivity index (χ3v) is 3.57. The number of esters is 1. The second-order valence-corrected chi connectivity index (χ2v) is 5.34. The van der Waals surface area contributed by atoms with E-state index >= 15 is 0 Å². The highest BCUT2D eigenvalue weighted by Gasteiger charge is 2.17. The summed E-state index contributed by atoms with van der Waals surface area (Å²) in [6, 6.07) is 14.7. The fourth-order valence-electron chi connectivity index (χ4n) is 2.31. The van der Waals surface area contributed by atoms with Gasteiger partial charge in [-0.25, -0.2) is 9.59 Å². The molecule has 0 aromatic heterocycles. The first-order valence-corrected chi connectivity index (χ1v) is 7.83. The Morgan fingerprint density at radius 2 is 1.96 bits per heavy atom. The lowest BCUT2D eigenvalue weighted by molar-refractivity contribution is 0.0469. The molecule has 25 heavy (non-hydrogen) atoms. The number of carbonyl (C=O) groups excluding carboxylic acids is 2. The smallest absolute Gasteiger partial charge is 0.342 e. The van der Waals surface area contributed by atoms with Crippen LogP contribution in [-0.2, 0) is 22.7 Å². The van der Waals surface area contributed by atoms with E-state index in [0.29, 0.717) is 17.9 Å². The highest BCUT2D eigenvalue weighted by molar-refractivity contribution is 5.93. The molecule has 1 unspecified atom stereocenters. The van der Waals surface area contributed by atoms with Crippen LogP contribution in [-0.4, -0.2) is 25.3 Å². The van der Waals surface area contributed by atoms with Crippen molar-refractivity contribution in [2.75, 3.05) is 7.11 Å². The first-order chi connectivity index (χ1) is 12.2. The predicted octanol–water partition coefficient (Wildman–Crippen LogP) is 2.82. The van der Waals surface area contributed by atoms with Gasteiger partial charge in [0.05, 0.1) is 7.11 Å². The molecule has 6 heteroatoms. The summed E-state index contributed by atoms with van der Waals surface area (Å²) in [4.78, 5) is 26.2. The number of rotatable bonds is 8. The largest absolute Gasteiger partial charge is 0.496 e. The average molecular weight is 340 g/mol. The zero-order chi connectivity index (χ0) is 18.1. The number of ether oxygens (including phenoxy) is 2. The summed E-state index contributed by atoms with van der Waals surface area (Å²) in [5.41, 5.74) is 2.03. The maximum absolute atomic E-state index is 12.4. The van der Waals surface area contributed by atoms with Crippen LogP contribution in [0, 0.1) is 0 Å². The molecule has 0 saturated carbocycles. The highest BCUT2D eigenvalue weighted by Crippen LogP contribution is 2.25. The van der Waals surface area contributed by atoms with E-state index < -0.39 is 5.97 Å². The Labute approximate surface area is 146 Å². The molecular weight excluding hydrogens is 320 g/mol. The van der Waals surface area contributed by atoms with Gasteiger partial charge in [-0.1, -0.05) is 42.5 Å². The summed E-state index contributed by atoms with van der Waals surface area (Å²) in [6.07, 6.45) is 1.12. The second-order valence-electron chi connectivity index (χ2n) is 5.34. The van der Waals surface area contributed by atoms with Crippen LogP contribution in [0.3, 0.4) is 0 Å². The van der Waals surface area contributed by atoms with E-state index in [1.54, 1.807) is 19.1 Å². The molecule has 0 aliphatic heterocycles. The van der Waals surface area contributed by atoms with Crippen molar-refractivity contribution in [3.05, 3.63) is 65.2 Å². The van der Waals surface area contributed by atoms with Crippen LogP contribution in [0.25, 0.3) is 0 Å². The zero-order valence-electron chi connectivity index (χ0n) is 14.2. The normalized spacial score (nSPS) is 11.3. The summed E-state index contributed by atoms with van der Waals surface area (Å²) in [5, 5.41) is 3.04. The van der Waals surface area contributed by atoms with Crippen LogP contribution >= 0.6 is 0 Å². The van der Waals surface area contributed by atoms with Crippen LogP contribution < -0.4 is 10.1 Å². The van der Waals surface area contributed by atoms with Gasteiger partial charge in [0.15, 0.2) is 0 Å². The lowest BCUT2D eigenvalue weighted by atomic mass is 10.1. The van der Waals surface area contributed by atoms with E-state index in [4.69, 9.17) is 9.47 Å². The number of hydrogen-bond donors (Lipinski definition) is 1. The minimum atomic E-state index is -0.457. The van der Waals surface area contributed by atoms with Crippen molar-refractivity contribution in [1.82, 2.24) is 5.32 Å². The molecule has 0 saturated heterocycles. The molecule has 0 amide bonds. The number of nitrogens with zero attached hydrogens (tertiary/aromatic N) is 1. The maximum atomic E-state index is 12.4. The van der Waals surface area contributed by atoms with Crippen molar-refractivity contribution in [2.24, 2.45) is 4.99 Å². The van der Waals surface area contributed by atoms with Crippen molar-refractivity contribution in [2.45, 2.75) is 26.2 Å². The van der Waals surface area contributed by atoms with Crippen molar-refractivity contribution >= 4 is 12.0 Å².